The monoisotopic (exact) mass is 299 g/mol. The Balaban J connectivity index is 2.15. The molecule has 1 aliphatic heterocycles. The Hall–Kier alpha value is -0.680. The van der Waals surface area contributed by atoms with E-state index in [-0.39, 0.29) is 17.4 Å². The molecular formula is C15H23ClFN3. The maximum atomic E-state index is 13.1. The second kappa shape index (κ2) is 6.39. The molecule has 0 amide bonds. The van der Waals surface area contributed by atoms with Gasteiger partial charge in [-0.15, -0.1) is 0 Å². The van der Waals surface area contributed by atoms with Gasteiger partial charge in [0.15, 0.2) is 0 Å². The first-order valence-corrected chi connectivity index (χ1v) is 7.48. The summed E-state index contributed by atoms with van der Waals surface area (Å²) in [4.78, 5) is 2.45. The molecule has 2 rings (SSSR count). The summed E-state index contributed by atoms with van der Waals surface area (Å²) in [7, 11) is 0. The van der Waals surface area contributed by atoms with Crippen LogP contribution in [-0.2, 0) is 6.42 Å². The number of likely N-dealkylation sites (tertiary alicyclic amines) is 1. The summed E-state index contributed by atoms with van der Waals surface area (Å²) in [6, 6.07) is 4.59. The molecule has 1 aromatic carbocycles. The van der Waals surface area contributed by atoms with Gasteiger partial charge >= 0.3 is 0 Å². The number of hydrogen-bond acceptors (Lipinski definition) is 3. The van der Waals surface area contributed by atoms with Crippen LogP contribution in [0.3, 0.4) is 0 Å². The molecule has 0 spiro atoms. The molecule has 1 unspecified atom stereocenters. The zero-order valence-electron chi connectivity index (χ0n) is 12.1. The Morgan fingerprint density at radius 3 is 2.60 bits per heavy atom. The first kappa shape index (κ1) is 15.7. The van der Waals surface area contributed by atoms with Crippen molar-refractivity contribution in [2.45, 2.75) is 44.7 Å². The number of hydrazine groups is 1. The Morgan fingerprint density at radius 1 is 1.40 bits per heavy atom. The summed E-state index contributed by atoms with van der Waals surface area (Å²) in [5.41, 5.74) is 3.77. The van der Waals surface area contributed by atoms with Gasteiger partial charge in [-0.05, 0) is 63.9 Å². The minimum Gasteiger partial charge on any atom is -0.297 e. The summed E-state index contributed by atoms with van der Waals surface area (Å²) in [6.45, 7) is 6.59. The van der Waals surface area contributed by atoms with E-state index >= 15 is 0 Å². The zero-order chi connectivity index (χ0) is 14.8. The molecule has 0 radical (unpaired) electrons. The summed E-state index contributed by atoms with van der Waals surface area (Å²) < 4.78 is 13.1. The molecule has 5 heteroatoms. The van der Waals surface area contributed by atoms with Crippen molar-refractivity contribution in [2.75, 3.05) is 13.1 Å². The SMILES string of the molecule is CC(C)(C(Cc1ccc(F)cc1Cl)NN)N1CCCC1. The molecular weight excluding hydrogens is 277 g/mol. The van der Waals surface area contributed by atoms with Crippen LogP contribution in [-0.4, -0.2) is 29.6 Å². The predicted octanol–water partition coefficient (Wildman–Crippen LogP) is 2.73. The quantitative estimate of drug-likeness (QED) is 0.649. The van der Waals surface area contributed by atoms with Gasteiger partial charge in [-0.2, -0.15) is 0 Å². The molecule has 112 valence electrons. The molecule has 0 aliphatic carbocycles. The summed E-state index contributed by atoms with van der Waals surface area (Å²) in [5.74, 6) is 5.45. The van der Waals surface area contributed by atoms with Gasteiger partial charge in [0.25, 0.3) is 0 Å². The van der Waals surface area contributed by atoms with Gasteiger partial charge in [-0.25, -0.2) is 4.39 Å². The highest BCUT2D eigenvalue weighted by atomic mass is 35.5. The number of rotatable bonds is 5. The largest absolute Gasteiger partial charge is 0.297 e. The summed E-state index contributed by atoms with van der Waals surface area (Å²) in [5, 5.41) is 0.461. The Bertz CT molecular complexity index is 458. The van der Waals surface area contributed by atoms with Crippen LogP contribution in [0.2, 0.25) is 5.02 Å². The second-order valence-electron chi connectivity index (χ2n) is 6.01. The number of nitrogens with one attached hydrogen (secondary N) is 1. The molecule has 1 fully saturated rings. The summed E-state index contributed by atoms with van der Waals surface area (Å²) in [6.07, 6.45) is 3.15. The summed E-state index contributed by atoms with van der Waals surface area (Å²) >= 11 is 6.12. The van der Waals surface area contributed by atoms with Crippen molar-refractivity contribution in [3.63, 3.8) is 0 Å². The van der Waals surface area contributed by atoms with Crippen LogP contribution in [0.25, 0.3) is 0 Å². The van der Waals surface area contributed by atoms with E-state index in [2.05, 4.69) is 24.2 Å². The average molecular weight is 300 g/mol. The molecule has 1 aliphatic rings. The van der Waals surface area contributed by atoms with Crippen LogP contribution in [0.15, 0.2) is 18.2 Å². The fourth-order valence-electron chi connectivity index (χ4n) is 2.93. The molecule has 3 nitrogen and oxygen atoms in total. The standard InChI is InChI=1S/C15H23ClFN3/c1-15(2,20-7-3-4-8-20)14(19-18)9-11-5-6-12(17)10-13(11)16/h5-6,10,14,19H,3-4,7-9,18H2,1-2H3. The van der Waals surface area contributed by atoms with Crippen LogP contribution in [0.4, 0.5) is 4.39 Å². The normalized spacial score (nSPS) is 18.4. The highest BCUT2D eigenvalue weighted by molar-refractivity contribution is 6.31. The molecule has 0 aromatic heterocycles. The Kier molecular flexibility index (Phi) is 5.02. The predicted molar refractivity (Wildman–Crippen MR) is 81.1 cm³/mol. The third-order valence-electron chi connectivity index (χ3n) is 4.41. The van der Waals surface area contributed by atoms with Crippen LogP contribution in [0, 0.1) is 5.82 Å². The highest BCUT2D eigenvalue weighted by Gasteiger charge is 2.36. The molecule has 20 heavy (non-hydrogen) atoms. The van der Waals surface area contributed by atoms with Crippen molar-refractivity contribution >= 4 is 11.6 Å². The second-order valence-corrected chi connectivity index (χ2v) is 6.41. The van der Waals surface area contributed by atoms with Crippen molar-refractivity contribution in [1.29, 1.82) is 0 Å². The van der Waals surface area contributed by atoms with E-state index in [9.17, 15) is 4.39 Å². The molecule has 1 saturated heterocycles. The molecule has 1 heterocycles. The lowest BCUT2D eigenvalue weighted by Gasteiger charge is -2.42. The van der Waals surface area contributed by atoms with E-state index in [4.69, 9.17) is 17.4 Å². The van der Waals surface area contributed by atoms with E-state index in [1.54, 1.807) is 6.07 Å². The fraction of sp³-hybridized carbons (Fsp3) is 0.600. The van der Waals surface area contributed by atoms with E-state index in [1.165, 1.54) is 25.0 Å². The molecule has 0 bridgehead atoms. The van der Waals surface area contributed by atoms with Gasteiger partial charge < -0.3 is 0 Å². The zero-order valence-corrected chi connectivity index (χ0v) is 12.9. The van der Waals surface area contributed by atoms with Crippen LogP contribution >= 0.6 is 11.6 Å². The van der Waals surface area contributed by atoms with Gasteiger partial charge in [0, 0.05) is 16.6 Å². The van der Waals surface area contributed by atoms with Crippen molar-refractivity contribution in [3.8, 4) is 0 Å². The number of hydrogen-bond donors (Lipinski definition) is 2. The van der Waals surface area contributed by atoms with Crippen molar-refractivity contribution in [1.82, 2.24) is 10.3 Å². The minimum absolute atomic E-state index is 0.0589. The van der Waals surface area contributed by atoms with Crippen molar-refractivity contribution < 1.29 is 4.39 Å². The topological polar surface area (TPSA) is 41.3 Å². The van der Waals surface area contributed by atoms with E-state index in [1.807, 2.05) is 0 Å². The van der Waals surface area contributed by atoms with Crippen LogP contribution in [0.1, 0.15) is 32.3 Å². The van der Waals surface area contributed by atoms with Crippen molar-refractivity contribution in [3.05, 3.63) is 34.6 Å². The molecule has 1 aromatic rings. The first-order valence-electron chi connectivity index (χ1n) is 7.10. The van der Waals surface area contributed by atoms with Crippen LogP contribution < -0.4 is 11.3 Å². The fourth-order valence-corrected chi connectivity index (χ4v) is 3.18. The molecule has 0 saturated carbocycles. The number of halogens is 2. The van der Waals surface area contributed by atoms with E-state index in [0.29, 0.717) is 11.4 Å². The van der Waals surface area contributed by atoms with E-state index in [0.717, 1.165) is 18.7 Å². The van der Waals surface area contributed by atoms with Gasteiger partial charge in [0.2, 0.25) is 0 Å². The lowest BCUT2D eigenvalue weighted by molar-refractivity contribution is 0.106. The maximum Gasteiger partial charge on any atom is 0.124 e. The lowest BCUT2D eigenvalue weighted by Crippen LogP contribution is -2.59. The van der Waals surface area contributed by atoms with E-state index < -0.39 is 0 Å². The number of benzene rings is 1. The first-order chi connectivity index (χ1) is 9.45. The lowest BCUT2D eigenvalue weighted by atomic mass is 9.88. The number of nitrogens with zero attached hydrogens (tertiary/aromatic N) is 1. The maximum absolute atomic E-state index is 13.1. The highest BCUT2D eigenvalue weighted by Crippen LogP contribution is 2.28. The minimum atomic E-state index is -0.310. The average Bonchev–Trinajstić information content (AvgIpc) is 2.92. The van der Waals surface area contributed by atoms with Gasteiger partial charge in [0.1, 0.15) is 5.82 Å². The van der Waals surface area contributed by atoms with Gasteiger partial charge in [-0.3, -0.25) is 16.2 Å². The Labute approximate surface area is 125 Å². The third kappa shape index (κ3) is 3.31. The third-order valence-corrected chi connectivity index (χ3v) is 4.77. The number of nitrogens with two attached hydrogens (primary N) is 1. The van der Waals surface area contributed by atoms with Gasteiger partial charge in [-0.1, -0.05) is 17.7 Å². The van der Waals surface area contributed by atoms with Crippen LogP contribution in [0.5, 0.6) is 0 Å². The Morgan fingerprint density at radius 2 is 2.05 bits per heavy atom. The smallest absolute Gasteiger partial charge is 0.124 e. The molecule has 1 atom stereocenters. The van der Waals surface area contributed by atoms with Gasteiger partial charge in [0.05, 0.1) is 0 Å². The van der Waals surface area contributed by atoms with Crippen molar-refractivity contribution in [2.24, 2.45) is 5.84 Å². The molecule has 3 N–H and O–H groups in total.